The van der Waals surface area contributed by atoms with Crippen molar-refractivity contribution >= 4 is 11.7 Å². The second-order valence-electron chi connectivity index (χ2n) is 5.81. The zero-order valence-electron chi connectivity index (χ0n) is 14.8. The van der Waals surface area contributed by atoms with E-state index in [0.29, 0.717) is 30.1 Å². The van der Waals surface area contributed by atoms with Gasteiger partial charge in [0.2, 0.25) is 0 Å². The summed E-state index contributed by atoms with van der Waals surface area (Å²) in [5.41, 5.74) is -0.202. The average Bonchev–Trinajstić information content (AvgIpc) is 3.04. The van der Waals surface area contributed by atoms with Crippen molar-refractivity contribution in [2.24, 2.45) is 0 Å². The van der Waals surface area contributed by atoms with Crippen molar-refractivity contribution in [3.05, 3.63) is 65.5 Å². The largest absolute Gasteiger partial charge is 0.368 e. The maximum Gasteiger partial charge on any atom is 0.254 e. The Hall–Kier alpha value is -3.36. The monoisotopic (exact) mass is 372 g/mol. The fourth-order valence-electron chi connectivity index (χ4n) is 2.52. The SMILES string of the molecule is Cc1nc(NCCNC(=O)c2ccc(F)cc2F)cc(-n2ccnc2C)n1. The first-order valence-electron chi connectivity index (χ1n) is 8.27. The first-order valence-corrected chi connectivity index (χ1v) is 8.27. The van der Waals surface area contributed by atoms with E-state index >= 15 is 0 Å². The van der Waals surface area contributed by atoms with Gasteiger partial charge in [-0.1, -0.05) is 0 Å². The molecule has 0 radical (unpaired) electrons. The maximum atomic E-state index is 13.6. The predicted octanol–water partition coefficient (Wildman–Crippen LogP) is 2.40. The minimum Gasteiger partial charge on any atom is -0.368 e. The highest BCUT2D eigenvalue weighted by atomic mass is 19.1. The van der Waals surface area contributed by atoms with Crippen LogP contribution in [0.5, 0.6) is 0 Å². The number of aromatic nitrogens is 4. The summed E-state index contributed by atoms with van der Waals surface area (Å²) in [6.07, 6.45) is 3.49. The molecular formula is C18H18F2N6O. The van der Waals surface area contributed by atoms with Gasteiger partial charge >= 0.3 is 0 Å². The van der Waals surface area contributed by atoms with E-state index in [4.69, 9.17) is 0 Å². The molecule has 3 aromatic rings. The number of anilines is 1. The fraction of sp³-hybridized carbons (Fsp3) is 0.222. The lowest BCUT2D eigenvalue weighted by Crippen LogP contribution is -2.29. The molecule has 2 heterocycles. The van der Waals surface area contributed by atoms with Crippen LogP contribution in [0.4, 0.5) is 14.6 Å². The summed E-state index contributed by atoms with van der Waals surface area (Å²) in [7, 11) is 0. The number of carbonyl (C=O) groups excluding carboxylic acids is 1. The van der Waals surface area contributed by atoms with E-state index in [1.807, 2.05) is 11.5 Å². The molecule has 3 rings (SSSR count). The van der Waals surface area contributed by atoms with Crippen molar-refractivity contribution in [1.82, 2.24) is 24.8 Å². The second-order valence-corrected chi connectivity index (χ2v) is 5.81. The topological polar surface area (TPSA) is 84.7 Å². The number of nitrogens with zero attached hydrogens (tertiary/aromatic N) is 4. The summed E-state index contributed by atoms with van der Waals surface area (Å²) in [5, 5.41) is 5.66. The Bertz CT molecular complexity index is 972. The number of amides is 1. The van der Waals surface area contributed by atoms with Crippen molar-refractivity contribution in [3.63, 3.8) is 0 Å². The summed E-state index contributed by atoms with van der Waals surface area (Å²) in [5.74, 6) is 0.419. The third-order valence-corrected chi connectivity index (χ3v) is 3.79. The highest BCUT2D eigenvalue weighted by Gasteiger charge is 2.12. The summed E-state index contributed by atoms with van der Waals surface area (Å²) in [6.45, 7) is 4.25. The Morgan fingerprint density at radius 2 is 1.96 bits per heavy atom. The molecule has 0 bridgehead atoms. The molecule has 0 aliphatic rings. The Morgan fingerprint density at radius 3 is 2.67 bits per heavy atom. The Balaban J connectivity index is 1.58. The van der Waals surface area contributed by atoms with E-state index in [-0.39, 0.29) is 12.1 Å². The number of halogens is 2. The van der Waals surface area contributed by atoms with Gasteiger partial charge in [0.05, 0.1) is 5.56 Å². The minimum atomic E-state index is -0.896. The van der Waals surface area contributed by atoms with Crippen molar-refractivity contribution in [2.75, 3.05) is 18.4 Å². The first kappa shape index (κ1) is 18.4. The number of hydrogen-bond donors (Lipinski definition) is 2. The lowest BCUT2D eigenvalue weighted by atomic mass is 10.2. The number of hydrogen-bond acceptors (Lipinski definition) is 5. The van der Waals surface area contributed by atoms with E-state index in [1.54, 1.807) is 25.4 Å². The quantitative estimate of drug-likeness (QED) is 0.649. The third kappa shape index (κ3) is 4.43. The van der Waals surface area contributed by atoms with Gasteiger partial charge < -0.3 is 10.6 Å². The van der Waals surface area contributed by atoms with Crippen LogP contribution in [0.1, 0.15) is 22.0 Å². The molecule has 140 valence electrons. The van der Waals surface area contributed by atoms with Gasteiger partial charge in [-0.2, -0.15) is 0 Å². The van der Waals surface area contributed by atoms with Gasteiger partial charge in [-0.25, -0.2) is 23.7 Å². The molecule has 7 nitrogen and oxygen atoms in total. The third-order valence-electron chi connectivity index (χ3n) is 3.79. The van der Waals surface area contributed by atoms with Gasteiger partial charge in [0.1, 0.15) is 34.9 Å². The van der Waals surface area contributed by atoms with Crippen LogP contribution >= 0.6 is 0 Å². The van der Waals surface area contributed by atoms with E-state index in [2.05, 4.69) is 25.6 Å². The molecule has 0 spiro atoms. The molecule has 2 aromatic heterocycles. The summed E-state index contributed by atoms with van der Waals surface area (Å²) >= 11 is 0. The van der Waals surface area contributed by atoms with Crippen LogP contribution < -0.4 is 10.6 Å². The van der Waals surface area contributed by atoms with Gasteiger partial charge in [0.15, 0.2) is 0 Å². The number of carbonyl (C=O) groups is 1. The molecule has 1 amide bonds. The summed E-state index contributed by atoms with van der Waals surface area (Å²) < 4.78 is 28.3. The highest BCUT2D eigenvalue weighted by Crippen LogP contribution is 2.13. The van der Waals surface area contributed by atoms with Gasteiger partial charge in [-0.3, -0.25) is 9.36 Å². The molecule has 0 fully saturated rings. The number of aryl methyl sites for hydroxylation is 2. The molecule has 0 unspecified atom stereocenters. The lowest BCUT2D eigenvalue weighted by molar-refractivity contribution is 0.0951. The summed E-state index contributed by atoms with van der Waals surface area (Å²) in [4.78, 5) is 24.8. The van der Waals surface area contributed by atoms with Gasteiger partial charge in [0, 0.05) is 37.6 Å². The highest BCUT2D eigenvalue weighted by molar-refractivity contribution is 5.94. The van der Waals surface area contributed by atoms with E-state index in [0.717, 1.165) is 18.0 Å². The van der Waals surface area contributed by atoms with Crippen LogP contribution in [-0.4, -0.2) is 38.5 Å². The van der Waals surface area contributed by atoms with Crippen LogP contribution in [-0.2, 0) is 0 Å². The van der Waals surface area contributed by atoms with Crippen LogP contribution in [0.15, 0.2) is 36.7 Å². The smallest absolute Gasteiger partial charge is 0.254 e. The lowest BCUT2D eigenvalue weighted by Gasteiger charge is -2.11. The molecule has 0 saturated carbocycles. The Labute approximate surface area is 154 Å². The van der Waals surface area contributed by atoms with E-state index in [9.17, 15) is 13.6 Å². The van der Waals surface area contributed by atoms with Gasteiger partial charge in [-0.15, -0.1) is 0 Å². The molecule has 0 saturated heterocycles. The molecule has 9 heteroatoms. The summed E-state index contributed by atoms with van der Waals surface area (Å²) in [6, 6.07) is 4.60. The zero-order valence-corrected chi connectivity index (χ0v) is 14.8. The number of benzene rings is 1. The number of imidazole rings is 1. The van der Waals surface area contributed by atoms with Crippen molar-refractivity contribution in [3.8, 4) is 5.82 Å². The van der Waals surface area contributed by atoms with Crippen molar-refractivity contribution in [2.45, 2.75) is 13.8 Å². The predicted molar refractivity (Wildman–Crippen MR) is 95.8 cm³/mol. The molecule has 27 heavy (non-hydrogen) atoms. The van der Waals surface area contributed by atoms with E-state index in [1.165, 1.54) is 0 Å². The van der Waals surface area contributed by atoms with E-state index < -0.39 is 17.5 Å². The van der Waals surface area contributed by atoms with Crippen molar-refractivity contribution < 1.29 is 13.6 Å². The molecule has 2 N–H and O–H groups in total. The molecule has 0 aliphatic heterocycles. The zero-order chi connectivity index (χ0) is 19.4. The maximum absolute atomic E-state index is 13.6. The van der Waals surface area contributed by atoms with Crippen molar-refractivity contribution in [1.29, 1.82) is 0 Å². The number of nitrogens with one attached hydrogen (secondary N) is 2. The van der Waals surface area contributed by atoms with Crippen LogP contribution in [0.2, 0.25) is 0 Å². The number of rotatable bonds is 6. The van der Waals surface area contributed by atoms with Crippen LogP contribution in [0.25, 0.3) is 5.82 Å². The van der Waals surface area contributed by atoms with Gasteiger partial charge in [-0.05, 0) is 26.0 Å². The fourth-order valence-corrected chi connectivity index (χ4v) is 2.52. The molecular weight excluding hydrogens is 354 g/mol. The van der Waals surface area contributed by atoms with Crippen LogP contribution in [0, 0.1) is 25.5 Å². The Morgan fingerprint density at radius 1 is 1.15 bits per heavy atom. The van der Waals surface area contributed by atoms with Gasteiger partial charge in [0.25, 0.3) is 5.91 Å². The molecule has 1 aromatic carbocycles. The normalized spacial score (nSPS) is 10.7. The van der Waals surface area contributed by atoms with Crippen LogP contribution in [0.3, 0.4) is 0 Å². The Kier molecular flexibility index (Phi) is 5.39. The molecule has 0 atom stereocenters. The minimum absolute atomic E-state index is 0.202. The molecule has 0 aliphatic carbocycles. The standard InChI is InChI=1S/C18H18F2N6O/c1-11-24-16(10-17(25-11)26-8-7-21-12(26)2)22-5-6-23-18(27)14-4-3-13(19)9-15(14)20/h3-4,7-10H,5-6H2,1-2H3,(H,23,27)(H,22,24,25). The first-order chi connectivity index (χ1) is 12.9. The average molecular weight is 372 g/mol. The second kappa shape index (κ2) is 7.90.